The summed E-state index contributed by atoms with van der Waals surface area (Å²) in [5.74, 6) is 0.795. The highest BCUT2D eigenvalue weighted by molar-refractivity contribution is 5.92. The van der Waals surface area contributed by atoms with Crippen LogP contribution in [0, 0.1) is 6.92 Å². The van der Waals surface area contributed by atoms with Gasteiger partial charge in [0.15, 0.2) is 5.69 Å². The second kappa shape index (κ2) is 5.47. The molecule has 1 fully saturated rings. The summed E-state index contributed by atoms with van der Waals surface area (Å²) in [6, 6.07) is 8.82. The second-order valence-electron chi connectivity index (χ2n) is 5.12. The predicted molar refractivity (Wildman–Crippen MR) is 77.5 cm³/mol. The van der Waals surface area contributed by atoms with Gasteiger partial charge in [0, 0.05) is 44.0 Å². The lowest BCUT2D eigenvalue weighted by Gasteiger charge is -2.35. The third kappa shape index (κ3) is 2.84. The first-order chi connectivity index (χ1) is 10.1. The zero-order valence-corrected chi connectivity index (χ0v) is 11.8. The van der Waals surface area contributed by atoms with Gasteiger partial charge in [-0.2, -0.15) is 0 Å². The van der Waals surface area contributed by atoms with E-state index in [1.165, 1.54) is 0 Å². The van der Waals surface area contributed by atoms with E-state index in [0.29, 0.717) is 24.5 Å². The van der Waals surface area contributed by atoms with E-state index in [-0.39, 0.29) is 11.7 Å². The number of carbonyl (C=O) groups is 1. The lowest BCUT2D eigenvalue weighted by Crippen LogP contribution is -2.48. The molecule has 2 heterocycles. The van der Waals surface area contributed by atoms with Gasteiger partial charge in [-0.05, 0) is 19.1 Å². The minimum Gasteiger partial charge on any atom is -0.508 e. The number of benzene rings is 1. The van der Waals surface area contributed by atoms with Gasteiger partial charge in [-0.15, -0.1) is 0 Å². The van der Waals surface area contributed by atoms with Crippen LogP contribution in [-0.4, -0.2) is 47.2 Å². The zero-order chi connectivity index (χ0) is 14.8. The number of phenols is 1. The Kier molecular flexibility index (Phi) is 3.51. The number of phenolic OH excluding ortho intramolecular Hbond substituents is 1. The van der Waals surface area contributed by atoms with Crippen LogP contribution in [0.3, 0.4) is 0 Å². The lowest BCUT2D eigenvalue weighted by atomic mass is 10.2. The maximum atomic E-state index is 12.3. The Morgan fingerprint density at radius 1 is 1.24 bits per heavy atom. The standard InChI is InChI=1S/C15H17N3O3/c1-11-9-14(16-21-11)15(20)18-7-5-17(6-8-18)12-3-2-4-13(19)10-12/h2-4,9-10,19H,5-8H2,1H3. The summed E-state index contributed by atoms with van der Waals surface area (Å²) in [5.41, 5.74) is 1.33. The Bertz CT molecular complexity index is 645. The third-order valence-electron chi connectivity index (χ3n) is 3.61. The number of carbonyl (C=O) groups excluding carboxylic acids is 1. The Balaban J connectivity index is 1.64. The van der Waals surface area contributed by atoms with Crippen LogP contribution in [-0.2, 0) is 0 Å². The van der Waals surface area contributed by atoms with Crippen LogP contribution < -0.4 is 4.90 Å². The molecule has 21 heavy (non-hydrogen) atoms. The van der Waals surface area contributed by atoms with Crippen molar-refractivity contribution >= 4 is 11.6 Å². The van der Waals surface area contributed by atoms with Crippen LogP contribution in [0.2, 0.25) is 0 Å². The van der Waals surface area contributed by atoms with E-state index >= 15 is 0 Å². The molecular weight excluding hydrogens is 270 g/mol. The maximum absolute atomic E-state index is 12.3. The minimum absolute atomic E-state index is 0.0950. The van der Waals surface area contributed by atoms with Gasteiger partial charge in [0.2, 0.25) is 0 Å². The number of nitrogens with zero attached hydrogens (tertiary/aromatic N) is 3. The summed E-state index contributed by atoms with van der Waals surface area (Å²) in [5, 5.41) is 13.3. The van der Waals surface area contributed by atoms with E-state index in [0.717, 1.165) is 18.8 Å². The average molecular weight is 287 g/mol. The highest BCUT2D eigenvalue weighted by Crippen LogP contribution is 2.21. The van der Waals surface area contributed by atoms with Crippen molar-refractivity contribution in [2.75, 3.05) is 31.1 Å². The second-order valence-corrected chi connectivity index (χ2v) is 5.12. The SMILES string of the molecule is Cc1cc(C(=O)N2CCN(c3cccc(O)c3)CC2)no1. The van der Waals surface area contributed by atoms with Crippen molar-refractivity contribution in [3.8, 4) is 5.75 Å². The molecule has 0 atom stereocenters. The van der Waals surface area contributed by atoms with Gasteiger partial charge in [-0.25, -0.2) is 0 Å². The first-order valence-corrected chi connectivity index (χ1v) is 6.90. The summed E-state index contributed by atoms with van der Waals surface area (Å²) in [4.78, 5) is 16.2. The lowest BCUT2D eigenvalue weighted by molar-refractivity contribution is 0.0736. The molecule has 0 aliphatic carbocycles. The molecule has 0 bridgehead atoms. The Morgan fingerprint density at radius 2 is 2.00 bits per heavy atom. The predicted octanol–water partition coefficient (Wildman–Crippen LogP) is 1.65. The largest absolute Gasteiger partial charge is 0.508 e. The molecule has 1 aliphatic rings. The van der Waals surface area contributed by atoms with Gasteiger partial charge >= 0.3 is 0 Å². The van der Waals surface area contributed by atoms with Crippen LogP contribution in [0.1, 0.15) is 16.2 Å². The molecule has 1 aromatic carbocycles. The van der Waals surface area contributed by atoms with E-state index in [9.17, 15) is 9.90 Å². The molecule has 1 N–H and O–H groups in total. The summed E-state index contributed by atoms with van der Waals surface area (Å²) in [6.45, 7) is 4.47. The normalized spacial score (nSPS) is 15.3. The first-order valence-electron chi connectivity index (χ1n) is 6.90. The summed E-state index contributed by atoms with van der Waals surface area (Å²) < 4.78 is 4.94. The van der Waals surface area contributed by atoms with Crippen LogP contribution >= 0.6 is 0 Å². The number of aromatic hydroxyl groups is 1. The minimum atomic E-state index is -0.0950. The summed E-state index contributed by atoms with van der Waals surface area (Å²) in [7, 11) is 0. The molecule has 0 unspecified atom stereocenters. The number of amides is 1. The molecule has 110 valence electrons. The smallest absolute Gasteiger partial charge is 0.276 e. The molecule has 1 aliphatic heterocycles. The maximum Gasteiger partial charge on any atom is 0.276 e. The van der Waals surface area contributed by atoms with Crippen molar-refractivity contribution in [2.24, 2.45) is 0 Å². The number of rotatable bonds is 2. The van der Waals surface area contributed by atoms with Gasteiger partial charge in [-0.3, -0.25) is 4.79 Å². The van der Waals surface area contributed by atoms with Crippen LogP contribution in [0.15, 0.2) is 34.9 Å². The van der Waals surface area contributed by atoms with Crippen molar-refractivity contribution in [1.82, 2.24) is 10.1 Å². The molecule has 0 radical (unpaired) electrons. The number of anilines is 1. The van der Waals surface area contributed by atoms with Crippen molar-refractivity contribution in [1.29, 1.82) is 0 Å². The molecule has 1 amide bonds. The van der Waals surface area contributed by atoms with E-state index < -0.39 is 0 Å². The van der Waals surface area contributed by atoms with Gasteiger partial charge in [-0.1, -0.05) is 11.2 Å². The molecule has 2 aromatic rings. The molecule has 6 heteroatoms. The monoisotopic (exact) mass is 287 g/mol. The van der Waals surface area contributed by atoms with E-state index in [4.69, 9.17) is 4.52 Å². The Labute approximate surface area is 122 Å². The molecular formula is C15H17N3O3. The van der Waals surface area contributed by atoms with Gasteiger partial charge in [0.25, 0.3) is 5.91 Å². The fraction of sp³-hybridized carbons (Fsp3) is 0.333. The van der Waals surface area contributed by atoms with Crippen molar-refractivity contribution in [2.45, 2.75) is 6.92 Å². The fourth-order valence-electron chi connectivity index (χ4n) is 2.49. The molecule has 3 rings (SSSR count). The third-order valence-corrected chi connectivity index (χ3v) is 3.61. The fourth-order valence-corrected chi connectivity index (χ4v) is 2.49. The number of hydrogen-bond acceptors (Lipinski definition) is 5. The zero-order valence-electron chi connectivity index (χ0n) is 11.8. The number of aryl methyl sites for hydroxylation is 1. The van der Waals surface area contributed by atoms with E-state index in [2.05, 4.69) is 10.1 Å². The Hall–Kier alpha value is -2.50. The van der Waals surface area contributed by atoms with Crippen LogP contribution in [0.4, 0.5) is 5.69 Å². The van der Waals surface area contributed by atoms with Crippen LogP contribution in [0.5, 0.6) is 5.75 Å². The molecule has 0 saturated carbocycles. The quantitative estimate of drug-likeness (QED) is 0.909. The van der Waals surface area contributed by atoms with Gasteiger partial charge < -0.3 is 19.4 Å². The molecule has 1 saturated heterocycles. The molecule has 1 aromatic heterocycles. The van der Waals surface area contributed by atoms with E-state index in [1.807, 2.05) is 12.1 Å². The topological polar surface area (TPSA) is 69.8 Å². The molecule has 6 nitrogen and oxygen atoms in total. The van der Waals surface area contributed by atoms with Crippen molar-refractivity contribution in [3.63, 3.8) is 0 Å². The highest BCUT2D eigenvalue weighted by Gasteiger charge is 2.24. The first kappa shape index (κ1) is 13.5. The summed E-state index contributed by atoms with van der Waals surface area (Å²) in [6.07, 6.45) is 0. The molecule has 0 spiro atoms. The van der Waals surface area contributed by atoms with Crippen molar-refractivity contribution < 1.29 is 14.4 Å². The van der Waals surface area contributed by atoms with Crippen LogP contribution in [0.25, 0.3) is 0 Å². The highest BCUT2D eigenvalue weighted by atomic mass is 16.5. The average Bonchev–Trinajstić information content (AvgIpc) is 2.93. The van der Waals surface area contributed by atoms with Gasteiger partial charge in [0.05, 0.1) is 0 Å². The number of hydrogen-bond donors (Lipinski definition) is 1. The Morgan fingerprint density at radius 3 is 2.62 bits per heavy atom. The summed E-state index contributed by atoms with van der Waals surface area (Å²) >= 11 is 0. The van der Waals surface area contributed by atoms with E-state index in [1.54, 1.807) is 30.0 Å². The number of piperazine rings is 1. The number of aromatic nitrogens is 1. The van der Waals surface area contributed by atoms with Crippen molar-refractivity contribution in [3.05, 3.63) is 41.8 Å². The van der Waals surface area contributed by atoms with Gasteiger partial charge in [0.1, 0.15) is 11.5 Å².